The Hall–Kier alpha value is -2.58. The molecule has 150 valence electrons. The highest BCUT2D eigenvalue weighted by molar-refractivity contribution is 5.70. The predicted molar refractivity (Wildman–Crippen MR) is 124 cm³/mol. The zero-order chi connectivity index (χ0) is 20.8. The van der Waals surface area contributed by atoms with E-state index in [2.05, 4.69) is 126 Å². The third-order valence-corrected chi connectivity index (χ3v) is 7.01. The summed E-state index contributed by atoms with van der Waals surface area (Å²) in [5.74, 6) is 0. The highest BCUT2D eigenvalue weighted by atomic mass is 15.2. The van der Waals surface area contributed by atoms with Crippen LogP contribution in [0.2, 0.25) is 0 Å². The van der Waals surface area contributed by atoms with Gasteiger partial charge in [-0.05, 0) is 43.7 Å². The van der Waals surface area contributed by atoms with E-state index >= 15 is 0 Å². The first-order valence-electron chi connectivity index (χ1n) is 10.6. The van der Waals surface area contributed by atoms with Crippen molar-refractivity contribution in [3.8, 4) is 0 Å². The molecule has 0 fully saturated rings. The lowest BCUT2D eigenvalue weighted by Crippen LogP contribution is -3.07. The highest BCUT2D eigenvalue weighted by Gasteiger charge is 2.45. The molecule has 2 aliphatic heterocycles. The van der Waals surface area contributed by atoms with Crippen molar-refractivity contribution in [2.24, 2.45) is 0 Å². The molecule has 2 aromatic carbocycles. The van der Waals surface area contributed by atoms with Gasteiger partial charge < -0.3 is 4.90 Å². The number of benzene rings is 2. The summed E-state index contributed by atoms with van der Waals surface area (Å²) in [6.07, 6.45) is 11.2. The number of fused-ring (bicyclic) bond motifs is 2. The van der Waals surface area contributed by atoms with Gasteiger partial charge in [-0.15, -0.1) is 0 Å². The molecule has 2 nitrogen and oxygen atoms in total. The van der Waals surface area contributed by atoms with Gasteiger partial charge >= 0.3 is 0 Å². The van der Waals surface area contributed by atoms with E-state index in [4.69, 9.17) is 0 Å². The quantitative estimate of drug-likeness (QED) is 0.737. The summed E-state index contributed by atoms with van der Waals surface area (Å²) in [7, 11) is 4.45. The molecule has 2 aromatic rings. The van der Waals surface area contributed by atoms with Crippen LogP contribution in [0.1, 0.15) is 38.8 Å². The van der Waals surface area contributed by atoms with Gasteiger partial charge in [0.2, 0.25) is 0 Å². The Kier molecular flexibility index (Phi) is 4.78. The summed E-state index contributed by atoms with van der Waals surface area (Å²) in [5.41, 5.74) is 7.09. The maximum absolute atomic E-state index is 2.36. The Morgan fingerprint density at radius 1 is 0.862 bits per heavy atom. The molecule has 4 rings (SSSR count). The Labute approximate surface area is 175 Å². The minimum Gasteiger partial charge on any atom is -0.347 e. The van der Waals surface area contributed by atoms with Crippen LogP contribution < -0.4 is 9.80 Å². The van der Waals surface area contributed by atoms with Crippen molar-refractivity contribution < 1.29 is 4.90 Å². The van der Waals surface area contributed by atoms with Crippen molar-refractivity contribution in [3.05, 3.63) is 95.7 Å². The van der Waals surface area contributed by atoms with Crippen LogP contribution >= 0.6 is 0 Å². The number of likely N-dealkylation sites (N-methyl/N-ethyl adjacent to an activating group) is 2. The molecule has 1 N–H and O–H groups in total. The van der Waals surface area contributed by atoms with E-state index in [1.165, 1.54) is 33.1 Å². The molecule has 29 heavy (non-hydrogen) atoms. The maximum atomic E-state index is 2.36. The zero-order valence-electron chi connectivity index (χ0n) is 18.5. The normalized spacial score (nSPS) is 25.9. The minimum absolute atomic E-state index is 0.0266. The van der Waals surface area contributed by atoms with Crippen LogP contribution in [0.3, 0.4) is 0 Å². The molecular weight excluding hydrogens is 352 g/mol. The van der Waals surface area contributed by atoms with Gasteiger partial charge in [0.15, 0.2) is 0 Å². The van der Waals surface area contributed by atoms with Gasteiger partial charge in [0, 0.05) is 29.4 Å². The molecule has 0 radical (unpaired) electrons. The number of hydrogen-bond acceptors (Lipinski definition) is 1. The third kappa shape index (κ3) is 3.07. The summed E-state index contributed by atoms with van der Waals surface area (Å²) in [6, 6.07) is 18.0. The van der Waals surface area contributed by atoms with Crippen LogP contribution in [0.4, 0.5) is 11.4 Å². The van der Waals surface area contributed by atoms with Crippen molar-refractivity contribution in [1.82, 2.24) is 0 Å². The number of quaternary nitrogens is 1. The first-order valence-corrected chi connectivity index (χ1v) is 10.6. The molecule has 0 aliphatic carbocycles. The smallest absolute Gasteiger partial charge is 0.135 e. The average Bonchev–Trinajstić information content (AvgIpc) is 3.02. The predicted octanol–water partition coefficient (Wildman–Crippen LogP) is 4.92. The second-order valence-corrected chi connectivity index (χ2v) is 9.45. The summed E-state index contributed by atoms with van der Waals surface area (Å²) in [4.78, 5) is 3.79. The summed E-state index contributed by atoms with van der Waals surface area (Å²) >= 11 is 0. The summed E-state index contributed by atoms with van der Waals surface area (Å²) < 4.78 is 0. The molecule has 2 unspecified atom stereocenters. The minimum atomic E-state index is 0.0266. The largest absolute Gasteiger partial charge is 0.347 e. The standard InChI is InChI=1S/C27H32N2/c1-26(2)20-14-10-12-16-22(20)28(5)24(26)18-8-7-9-19-25-27(3,4)21-15-11-13-17-23(21)29(25)6/h7-19,24H,1-6H3/p+1/b9-7+,18-8+,25-19-. The van der Waals surface area contributed by atoms with Gasteiger partial charge in [0.05, 0.1) is 12.5 Å². The number of nitrogens with one attached hydrogen (secondary N) is 1. The molecule has 0 amide bonds. The number of hydrogen-bond donors (Lipinski definition) is 1. The van der Waals surface area contributed by atoms with E-state index in [1.54, 1.807) is 0 Å². The van der Waals surface area contributed by atoms with Crippen molar-refractivity contribution in [1.29, 1.82) is 0 Å². The lowest BCUT2D eigenvalue weighted by atomic mass is 9.80. The van der Waals surface area contributed by atoms with Gasteiger partial charge in [-0.25, -0.2) is 0 Å². The number of allylic oxidation sites excluding steroid dienone is 5. The molecule has 0 spiro atoms. The van der Waals surface area contributed by atoms with Crippen molar-refractivity contribution in [2.75, 3.05) is 19.0 Å². The summed E-state index contributed by atoms with van der Waals surface area (Å²) in [6.45, 7) is 9.33. The molecule has 2 heteroatoms. The second-order valence-electron chi connectivity index (χ2n) is 9.45. The first kappa shape index (κ1) is 19.7. The average molecular weight is 386 g/mol. The fourth-order valence-corrected chi connectivity index (χ4v) is 5.34. The zero-order valence-corrected chi connectivity index (χ0v) is 18.5. The van der Waals surface area contributed by atoms with Crippen LogP contribution in [0.5, 0.6) is 0 Å². The van der Waals surface area contributed by atoms with E-state index in [9.17, 15) is 0 Å². The third-order valence-electron chi connectivity index (χ3n) is 7.01. The lowest BCUT2D eigenvalue weighted by molar-refractivity contribution is -0.828. The second kappa shape index (κ2) is 7.03. The van der Waals surface area contributed by atoms with Crippen molar-refractivity contribution in [2.45, 2.75) is 44.6 Å². The number of nitrogens with zero attached hydrogens (tertiary/aromatic N) is 1. The van der Waals surface area contributed by atoms with Crippen LogP contribution in [0.25, 0.3) is 0 Å². The molecule has 2 aliphatic rings. The van der Waals surface area contributed by atoms with Crippen molar-refractivity contribution >= 4 is 11.4 Å². The van der Waals surface area contributed by atoms with Crippen LogP contribution in [-0.4, -0.2) is 20.1 Å². The number of para-hydroxylation sites is 2. The van der Waals surface area contributed by atoms with E-state index in [-0.39, 0.29) is 10.8 Å². The lowest BCUT2D eigenvalue weighted by Gasteiger charge is -2.25. The SMILES string of the molecule is CN1\C(=C/C=C/C=C/C2[NH+](C)c3ccccc3C2(C)C)C(C)(C)c2ccccc21. The maximum Gasteiger partial charge on any atom is 0.135 e. The summed E-state index contributed by atoms with van der Waals surface area (Å²) in [5, 5.41) is 0. The Morgan fingerprint density at radius 2 is 1.52 bits per heavy atom. The van der Waals surface area contributed by atoms with E-state index in [0.29, 0.717) is 6.04 Å². The Bertz CT molecular complexity index is 1010. The van der Waals surface area contributed by atoms with E-state index in [0.717, 1.165) is 0 Å². The topological polar surface area (TPSA) is 7.68 Å². The van der Waals surface area contributed by atoms with Gasteiger partial charge in [-0.1, -0.05) is 68.5 Å². The fourth-order valence-electron chi connectivity index (χ4n) is 5.34. The van der Waals surface area contributed by atoms with Gasteiger partial charge in [0.25, 0.3) is 0 Å². The number of rotatable bonds is 3. The van der Waals surface area contributed by atoms with Gasteiger partial charge in [-0.3, -0.25) is 4.90 Å². The van der Waals surface area contributed by atoms with E-state index in [1.807, 2.05) is 0 Å². The van der Waals surface area contributed by atoms with Crippen molar-refractivity contribution in [3.63, 3.8) is 0 Å². The highest BCUT2D eigenvalue weighted by Crippen LogP contribution is 2.46. The molecule has 0 aromatic heterocycles. The van der Waals surface area contributed by atoms with Gasteiger partial charge in [-0.2, -0.15) is 0 Å². The van der Waals surface area contributed by atoms with Gasteiger partial charge in [0.1, 0.15) is 11.7 Å². The number of anilines is 1. The first-order chi connectivity index (χ1) is 13.8. The van der Waals surface area contributed by atoms with E-state index < -0.39 is 0 Å². The fraction of sp³-hybridized carbons (Fsp3) is 0.333. The molecule has 2 atom stereocenters. The molecule has 0 bridgehead atoms. The molecular formula is C27H33N2+. The van der Waals surface area contributed by atoms with Crippen LogP contribution in [-0.2, 0) is 10.8 Å². The Balaban J connectivity index is 1.53. The molecule has 0 saturated heterocycles. The van der Waals surface area contributed by atoms with Crippen LogP contribution in [0.15, 0.2) is 84.6 Å². The monoisotopic (exact) mass is 385 g/mol. The molecule has 2 heterocycles. The van der Waals surface area contributed by atoms with Crippen LogP contribution in [0, 0.1) is 0 Å². The Morgan fingerprint density at radius 3 is 2.21 bits per heavy atom. The molecule has 0 saturated carbocycles.